The topological polar surface area (TPSA) is 48.1 Å². The van der Waals surface area contributed by atoms with Gasteiger partial charge in [0, 0.05) is 18.3 Å². The van der Waals surface area contributed by atoms with Crippen LogP contribution < -0.4 is 10.5 Å². The maximum absolute atomic E-state index is 13.1. The van der Waals surface area contributed by atoms with Crippen molar-refractivity contribution in [3.63, 3.8) is 0 Å². The third-order valence-corrected chi connectivity index (χ3v) is 2.52. The summed E-state index contributed by atoms with van der Waals surface area (Å²) in [5.41, 5.74) is 6.55. The molecule has 0 aliphatic rings. The molecule has 1 aromatic carbocycles. The van der Waals surface area contributed by atoms with Crippen LogP contribution >= 0.6 is 11.6 Å². The summed E-state index contributed by atoms with van der Waals surface area (Å²) in [7, 11) is 0. The molecule has 2 rings (SSSR count). The SMILES string of the molecule is Cc1ncccc1Oc1cc(Cl)c(F)cc1N. The molecule has 0 amide bonds. The Labute approximate surface area is 103 Å². The van der Waals surface area contributed by atoms with E-state index in [1.807, 2.05) is 0 Å². The molecule has 2 aromatic rings. The van der Waals surface area contributed by atoms with Gasteiger partial charge in [-0.2, -0.15) is 0 Å². The fourth-order valence-corrected chi connectivity index (χ4v) is 1.48. The number of hydrogen-bond acceptors (Lipinski definition) is 3. The van der Waals surface area contributed by atoms with Crippen molar-refractivity contribution in [3.8, 4) is 11.5 Å². The van der Waals surface area contributed by atoms with E-state index >= 15 is 0 Å². The summed E-state index contributed by atoms with van der Waals surface area (Å²) < 4.78 is 18.6. The summed E-state index contributed by atoms with van der Waals surface area (Å²) in [6.07, 6.45) is 1.66. The lowest BCUT2D eigenvalue weighted by Gasteiger charge is -2.10. The third-order valence-electron chi connectivity index (χ3n) is 2.23. The molecule has 0 fully saturated rings. The molecule has 0 radical (unpaired) electrons. The molecule has 17 heavy (non-hydrogen) atoms. The number of aromatic nitrogens is 1. The van der Waals surface area contributed by atoms with Crippen LogP contribution in [0.25, 0.3) is 0 Å². The van der Waals surface area contributed by atoms with E-state index < -0.39 is 5.82 Å². The number of nitrogen functional groups attached to an aromatic ring is 1. The van der Waals surface area contributed by atoms with Gasteiger partial charge in [-0.15, -0.1) is 0 Å². The van der Waals surface area contributed by atoms with Crippen molar-refractivity contribution >= 4 is 17.3 Å². The van der Waals surface area contributed by atoms with E-state index in [9.17, 15) is 4.39 Å². The molecule has 0 bridgehead atoms. The van der Waals surface area contributed by atoms with E-state index in [1.165, 1.54) is 6.07 Å². The van der Waals surface area contributed by atoms with Gasteiger partial charge in [0.15, 0.2) is 5.75 Å². The fourth-order valence-electron chi connectivity index (χ4n) is 1.33. The Morgan fingerprint density at radius 1 is 1.35 bits per heavy atom. The summed E-state index contributed by atoms with van der Waals surface area (Å²) in [6, 6.07) is 5.96. The highest BCUT2D eigenvalue weighted by Crippen LogP contribution is 2.32. The third kappa shape index (κ3) is 2.47. The molecule has 1 heterocycles. The number of nitrogens with zero attached hydrogens (tertiary/aromatic N) is 1. The van der Waals surface area contributed by atoms with Gasteiger partial charge >= 0.3 is 0 Å². The number of pyridine rings is 1. The summed E-state index contributed by atoms with van der Waals surface area (Å²) in [5, 5.41) is -0.0317. The fraction of sp³-hybridized carbons (Fsp3) is 0.0833. The zero-order valence-corrected chi connectivity index (χ0v) is 9.83. The van der Waals surface area contributed by atoms with Crippen molar-refractivity contribution in [2.24, 2.45) is 0 Å². The second-order valence-electron chi connectivity index (χ2n) is 3.49. The van der Waals surface area contributed by atoms with E-state index in [-0.39, 0.29) is 10.7 Å². The first-order chi connectivity index (χ1) is 8.08. The minimum absolute atomic E-state index is 0.0317. The van der Waals surface area contributed by atoms with Crippen molar-refractivity contribution < 1.29 is 9.13 Å². The van der Waals surface area contributed by atoms with Crippen LogP contribution in [0.1, 0.15) is 5.69 Å². The van der Waals surface area contributed by atoms with Crippen molar-refractivity contribution in [2.45, 2.75) is 6.92 Å². The molecule has 1 aromatic heterocycles. The molecular weight excluding hydrogens is 243 g/mol. The lowest BCUT2D eigenvalue weighted by atomic mass is 10.3. The van der Waals surface area contributed by atoms with Crippen LogP contribution in [0.2, 0.25) is 5.02 Å². The highest BCUT2D eigenvalue weighted by molar-refractivity contribution is 6.31. The van der Waals surface area contributed by atoms with Gasteiger partial charge < -0.3 is 10.5 Å². The van der Waals surface area contributed by atoms with Gasteiger partial charge in [0.05, 0.1) is 16.4 Å². The monoisotopic (exact) mass is 252 g/mol. The zero-order chi connectivity index (χ0) is 12.4. The molecular formula is C12H10ClFN2O. The van der Waals surface area contributed by atoms with Gasteiger partial charge in [-0.1, -0.05) is 11.6 Å². The highest BCUT2D eigenvalue weighted by Gasteiger charge is 2.09. The average Bonchev–Trinajstić information content (AvgIpc) is 2.29. The van der Waals surface area contributed by atoms with Crippen LogP contribution in [0.5, 0.6) is 11.5 Å². The molecule has 0 aliphatic carbocycles. The lowest BCUT2D eigenvalue weighted by molar-refractivity contribution is 0.476. The number of ether oxygens (including phenoxy) is 1. The number of anilines is 1. The summed E-state index contributed by atoms with van der Waals surface area (Å²) >= 11 is 5.67. The number of halogens is 2. The summed E-state index contributed by atoms with van der Waals surface area (Å²) in [6.45, 7) is 1.80. The first-order valence-corrected chi connectivity index (χ1v) is 5.29. The molecule has 5 heteroatoms. The predicted molar refractivity (Wildman–Crippen MR) is 64.9 cm³/mol. The van der Waals surface area contributed by atoms with Crippen LogP contribution in [0.4, 0.5) is 10.1 Å². The Kier molecular flexibility index (Phi) is 3.15. The lowest BCUT2D eigenvalue weighted by Crippen LogP contribution is -1.95. The van der Waals surface area contributed by atoms with Crippen LogP contribution in [-0.4, -0.2) is 4.98 Å². The van der Waals surface area contributed by atoms with E-state index in [2.05, 4.69) is 4.98 Å². The first-order valence-electron chi connectivity index (χ1n) is 4.92. The van der Waals surface area contributed by atoms with Gasteiger partial charge in [-0.05, 0) is 19.1 Å². The van der Waals surface area contributed by atoms with Crippen LogP contribution in [0.3, 0.4) is 0 Å². The highest BCUT2D eigenvalue weighted by atomic mass is 35.5. The van der Waals surface area contributed by atoms with Crippen LogP contribution in [0, 0.1) is 12.7 Å². The van der Waals surface area contributed by atoms with Crippen molar-refractivity contribution in [1.29, 1.82) is 0 Å². The van der Waals surface area contributed by atoms with E-state index in [0.717, 1.165) is 6.07 Å². The first kappa shape index (κ1) is 11.7. The number of aryl methyl sites for hydroxylation is 1. The van der Waals surface area contributed by atoms with Crippen LogP contribution in [0.15, 0.2) is 30.5 Å². The van der Waals surface area contributed by atoms with Crippen molar-refractivity contribution in [3.05, 3.63) is 47.0 Å². The second-order valence-corrected chi connectivity index (χ2v) is 3.90. The van der Waals surface area contributed by atoms with Gasteiger partial charge in [-0.3, -0.25) is 4.98 Å². The molecule has 0 unspecified atom stereocenters. The smallest absolute Gasteiger partial charge is 0.152 e. The Hall–Kier alpha value is -1.81. The van der Waals surface area contributed by atoms with Gasteiger partial charge in [0.25, 0.3) is 0 Å². The molecule has 0 saturated carbocycles. The molecule has 0 aliphatic heterocycles. The van der Waals surface area contributed by atoms with E-state index in [0.29, 0.717) is 17.2 Å². The van der Waals surface area contributed by atoms with Crippen molar-refractivity contribution in [2.75, 3.05) is 5.73 Å². The minimum atomic E-state index is -0.570. The standard InChI is InChI=1S/C12H10ClFN2O/c1-7-11(3-2-4-16-7)17-12-5-8(13)9(14)6-10(12)15/h2-6H,15H2,1H3. The van der Waals surface area contributed by atoms with E-state index in [1.54, 1.807) is 25.3 Å². The molecule has 0 atom stereocenters. The maximum Gasteiger partial charge on any atom is 0.152 e. The maximum atomic E-state index is 13.1. The number of nitrogens with two attached hydrogens (primary N) is 1. The van der Waals surface area contributed by atoms with Crippen LogP contribution in [-0.2, 0) is 0 Å². The summed E-state index contributed by atoms with van der Waals surface area (Å²) in [5.74, 6) is 0.300. The van der Waals surface area contributed by atoms with Gasteiger partial charge in [0.2, 0.25) is 0 Å². The zero-order valence-electron chi connectivity index (χ0n) is 9.08. The quantitative estimate of drug-likeness (QED) is 0.832. The Bertz CT molecular complexity index is 560. The number of hydrogen-bond donors (Lipinski definition) is 1. The second kappa shape index (κ2) is 4.59. The average molecular weight is 253 g/mol. The minimum Gasteiger partial charge on any atom is -0.453 e. The Morgan fingerprint density at radius 2 is 2.12 bits per heavy atom. The molecule has 88 valence electrons. The molecule has 2 N–H and O–H groups in total. The predicted octanol–water partition coefficient (Wildman–Crippen LogP) is 3.56. The Balaban J connectivity index is 2.37. The Morgan fingerprint density at radius 3 is 2.82 bits per heavy atom. The molecule has 0 saturated heterocycles. The number of benzene rings is 1. The van der Waals surface area contributed by atoms with Gasteiger partial charge in [0.1, 0.15) is 11.6 Å². The molecule has 3 nitrogen and oxygen atoms in total. The van der Waals surface area contributed by atoms with E-state index in [4.69, 9.17) is 22.1 Å². The van der Waals surface area contributed by atoms with Crippen molar-refractivity contribution in [1.82, 2.24) is 4.98 Å². The van der Waals surface area contributed by atoms with Gasteiger partial charge in [-0.25, -0.2) is 4.39 Å². The largest absolute Gasteiger partial charge is 0.453 e. The number of rotatable bonds is 2. The normalized spacial score (nSPS) is 10.3. The molecule has 0 spiro atoms. The summed E-state index contributed by atoms with van der Waals surface area (Å²) in [4.78, 5) is 4.07.